The Hall–Kier alpha value is -2.32. The van der Waals surface area contributed by atoms with Crippen molar-refractivity contribution in [2.75, 3.05) is 41.3 Å². The molecule has 188 valence electrons. The Morgan fingerprint density at radius 1 is 1.21 bits per heavy atom. The Morgan fingerprint density at radius 3 is 2.21 bits per heavy atom. The maximum Gasteiger partial charge on any atom is 0.232 e. The summed E-state index contributed by atoms with van der Waals surface area (Å²) in [5.74, 6) is -0.124. The molecule has 1 atom stereocenters. The van der Waals surface area contributed by atoms with Gasteiger partial charge in [0.25, 0.3) is 0 Å². The summed E-state index contributed by atoms with van der Waals surface area (Å²) in [7, 11) is 7.38. The molecule has 0 spiro atoms. The van der Waals surface area contributed by atoms with Crippen molar-refractivity contribution in [2.45, 2.75) is 52.3 Å². The lowest BCUT2D eigenvalue weighted by atomic mass is 9.85. The van der Waals surface area contributed by atoms with Crippen molar-refractivity contribution in [3.8, 4) is 0 Å². The van der Waals surface area contributed by atoms with Gasteiger partial charge in [0.05, 0.1) is 17.7 Å². The summed E-state index contributed by atoms with van der Waals surface area (Å²) in [5.41, 5.74) is 1.38. The molecule has 0 bridgehead atoms. The standard InChI is InChI=1S/C24H42ClN5O3/c1-10-18(19(26-6)12-13-30(8)9)28-21(31)15-24(4,5)16-22(32)29-20(14-17(3)25)23(27-7)33-11-2/h10,14,17,26H,1,11-13,15-16H2,2-9H3,(H,28,31)(H,29,32)/b19-18+,20-14+,27-23?. The van der Waals surface area contributed by atoms with Crippen LogP contribution in [0.2, 0.25) is 0 Å². The van der Waals surface area contributed by atoms with Crippen LogP contribution in [0, 0.1) is 5.41 Å². The molecule has 0 aliphatic carbocycles. The molecule has 0 saturated carbocycles. The zero-order chi connectivity index (χ0) is 25.6. The summed E-state index contributed by atoms with van der Waals surface area (Å²) in [6.07, 6.45) is 4.33. The first kappa shape index (κ1) is 30.7. The minimum Gasteiger partial charge on any atom is -0.477 e. The number of nitrogens with zero attached hydrogens (tertiary/aromatic N) is 2. The average molecular weight is 484 g/mol. The number of halogens is 1. The van der Waals surface area contributed by atoms with Crippen molar-refractivity contribution in [3.63, 3.8) is 0 Å². The molecule has 0 fully saturated rings. The number of hydrogen-bond donors (Lipinski definition) is 3. The third-order valence-corrected chi connectivity index (χ3v) is 4.70. The lowest BCUT2D eigenvalue weighted by molar-refractivity contribution is -0.125. The van der Waals surface area contributed by atoms with Crippen LogP contribution in [-0.2, 0) is 14.3 Å². The van der Waals surface area contributed by atoms with E-state index in [4.69, 9.17) is 16.3 Å². The Kier molecular flexibility index (Phi) is 14.4. The van der Waals surface area contributed by atoms with Crippen LogP contribution in [0.25, 0.3) is 0 Å². The first-order chi connectivity index (χ1) is 15.4. The Balaban J connectivity index is 5.26. The van der Waals surface area contributed by atoms with Crippen LogP contribution in [0.5, 0.6) is 0 Å². The largest absolute Gasteiger partial charge is 0.477 e. The molecule has 3 N–H and O–H groups in total. The molecule has 0 aromatic carbocycles. The van der Waals surface area contributed by atoms with Crippen molar-refractivity contribution in [2.24, 2.45) is 10.4 Å². The number of ether oxygens (including phenoxy) is 1. The summed E-state index contributed by atoms with van der Waals surface area (Å²) in [5, 5.41) is 8.56. The number of allylic oxidation sites excluding steroid dienone is 2. The number of nitrogens with one attached hydrogen (secondary N) is 3. The summed E-state index contributed by atoms with van der Waals surface area (Å²) >= 11 is 6.09. The second kappa shape index (κ2) is 15.5. The van der Waals surface area contributed by atoms with Crippen molar-refractivity contribution >= 4 is 29.3 Å². The first-order valence-corrected chi connectivity index (χ1v) is 11.6. The molecule has 0 aromatic heterocycles. The van der Waals surface area contributed by atoms with E-state index in [1.54, 1.807) is 26.1 Å². The minimum atomic E-state index is -0.587. The van der Waals surface area contributed by atoms with E-state index in [9.17, 15) is 9.59 Å². The maximum atomic E-state index is 12.8. The maximum absolute atomic E-state index is 12.8. The highest BCUT2D eigenvalue weighted by Crippen LogP contribution is 2.25. The number of carbonyl (C=O) groups excluding carboxylic acids is 2. The van der Waals surface area contributed by atoms with E-state index in [1.807, 2.05) is 41.9 Å². The Morgan fingerprint density at radius 2 is 1.79 bits per heavy atom. The van der Waals surface area contributed by atoms with Gasteiger partial charge in [-0.1, -0.05) is 20.4 Å². The first-order valence-electron chi connectivity index (χ1n) is 11.1. The van der Waals surface area contributed by atoms with Gasteiger partial charge in [-0.05, 0) is 45.5 Å². The van der Waals surface area contributed by atoms with Gasteiger partial charge in [-0.25, -0.2) is 0 Å². The predicted molar refractivity (Wildman–Crippen MR) is 137 cm³/mol. The highest BCUT2D eigenvalue weighted by molar-refractivity contribution is 6.22. The SMILES string of the molecule is C=C/C(NC(=O)CC(C)(C)CC(=O)N/C(=C/C(C)Cl)C(=NC)OCC)=C(/CCN(C)C)NC. The molecule has 2 amide bonds. The zero-order valence-electron chi connectivity index (χ0n) is 21.5. The van der Waals surface area contributed by atoms with Crippen molar-refractivity contribution < 1.29 is 14.3 Å². The van der Waals surface area contributed by atoms with Gasteiger partial charge in [0.2, 0.25) is 17.7 Å². The summed E-state index contributed by atoms with van der Waals surface area (Å²) in [6, 6.07) is 0. The Bertz CT molecular complexity index is 755. The number of hydrogen-bond acceptors (Lipinski definition) is 6. The summed E-state index contributed by atoms with van der Waals surface area (Å²) < 4.78 is 5.49. The molecule has 0 rings (SSSR count). The quantitative estimate of drug-likeness (QED) is 0.153. The lowest BCUT2D eigenvalue weighted by Gasteiger charge is -2.24. The molecule has 33 heavy (non-hydrogen) atoms. The molecular formula is C24H42ClN5O3. The van der Waals surface area contributed by atoms with Crippen molar-refractivity contribution in [1.29, 1.82) is 0 Å². The molecular weight excluding hydrogens is 442 g/mol. The second-order valence-electron chi connectivity index (χ2n) is 8.73. The third-order valence-electron chi connectivity index (χ3n) is 4.58. The van der Waals surface area contributed by atoms with Gasteiger partial charge < -0.3 is 25.6 Å². The van der Waals surface area contributed by atoms with E-state index in [2.05, 4.69) is 32.4 Å². The molecule has 9 heteroatoms. The third kappa shape index (κ3) is 13.1. The van der Waals surface area contributed by atoms with Crippen LogP contribution in [0.3, 0.4) is 0 Å². The molecule has 0 saturated heterocycles. The molecule has 0 aliphatic heterocycles. The smallest absolute Gasteiger partial charge is 0.232 e. The van der Waals surface area contributed by atoms with Gasteiger partial charge in [-0.15, -0.1) is 11.6 Å². The highest BCUT2D eigenvalue weighted by atomic mass is 35.5. The Labute approximate surface area is 204 Å². The number of rotatable bonds is 14. The van der Waals surface area contributed by atoms with Gasteiger partial charge in [0.15, 0.2) is 0 Å². The van der Waals surface area contributed by atoms with Crippen LogP contribution < -0.4 is 16.0 Å². The summed E-state index contributed by atoms with van der Waals surface area (Å²) in [6.45, 7) is 12.4. The van der Waals surface area contributed by atoms with Crippen LogP contribution in [0.15, 0.2) is 40.8 Å². The number of amides is 2. The molecule has 0 aromatic rings. The van der Waals surface area contributed by atoms with Gasteiger partial charge >= 0.3 is 0 Å². The fraction of sp³-hybridized carbons (Fsp3) is 0.625. The minimum absolute atomic E-state index is 0.129. The zero-order valence-corrected chi connectivity index (χ0v) is 22.2. The van der Waals surface area contributed by atoms with E-state index in [0.29, 0.717) is 23.9 Å². The predicted octanol–water partition coefficient (Wildman–Crippen LogP) is 3.17. The van der Waals surface area contributed by atoms with Gasteiger partial charge in [0.1, 0.15) is 5.70 Å². The van der Waals surface area contributed by atoms with Gasteiger partial charge in [0, 0.05) is 45.6 Å². The lowest BCUT2D eigenvalue weighted by Crippen LogP contribution is -2.35. The number of alkyl halides is 1. The molecule has 0 aliphatic rings. The monoisotopic (exact) mass is 483 g/mol. The van der Waals surface area contributed by atoms with E-state index >= 15 is 0 Å². The topological polar surface area (TPSA) is 95.1 Å². The van der Waals surface area contributed by atoms with Crippen LogP contribution >= 0.6 is 11.6 Å². The molecule has 0 heterocycles. The molecule has 1 unspecified atom stereocenters. The number of carbonyl (C=O) groups is 2. The normalized spacial score (nSPS) is 14.4. The van der Waals surface area contributed by atoms with Crippen molar-refractivity contribution in [1.82, 2.24) is 20.9 Å². The summed E-state index contributed by atoms with van der Waals surface area (Å²) in [4.78, 5) is 31.7. The highest BCUT2D eigenvalue weighted by Gasteiger charge is 2.27. The second-order valence-corrected chi connectivity index (χ2v) is 9.42. The fourth-order valence-electron chi connectivity index (χ4n) is 3.10. The van der Waals surface area contributed by atoms with E-state index in [-0.39, 0.29) is 30.0 Å². The average Bonchev–Trinajstić information content (AvgIpc) is 2.69. The number of aliphatic imine (C=N–C) groups is 1. The van der Waals surface area contributed by atoms with Crippen LogP contribution in [0.1, 0.15) is 47.0 Å². The van der Waals surface area contributed by atoms with E-state index < -0.39 is 5.41 Å². The fourth-order valence-corrected chi connectivity index (χ4v) is 3.22. The molecule has 0 radical (unpaired) electrons. The van der Waals surface area contributed by atoms with Crippen LogP contribution in [0.4, 0.5) is 0 Å². The van der Waals surface area contributed by atoms with Crippen molar-refractivity contribution in [3.05, 3.63) is 35.8 Å². The molecule has 8 nitrogen and oxygen atoms in total. The van der Waals surface area contributed by atoms with Gasteiger partial charge in [-0.3, -0.25) is 14.6 Å². The van der Waals surface area contributed by atoms with E-state index in [1.165, 1.54) is 0 Å². The van der Waals surface area contributed by atoms with E-state index in [0.717, 1.165) is 18.7 Å². The van der Waals surface area contributed by atoms with Gasteiger partial charge in [-0.2, -0.15) is 0 Å². The van der Waals surface area contributed by atoms with Crippen LogP contribution in [-0.4, -0.2) is 69.3 Å².